The fourth-order valence-corrected chi connectivity index (χ4v) is 4.51. The van der Waals surface area contributed by atoms with Crippen LogP contribution in [0, 0.1) is 24.2 Å². The van der Waals surface area contributed by atoms with Gasteiger partial charge in [0.25, 0.3) is 0 Å². The van der Waals surface area contributed by atoms with E-state index in [0.717, 1.165) is 5.56 Å². The second-order valence-corrected chi connectivity index (χ2v) is 8.46. The van der Waals surface area contributed by atoms with Crippen LogP contribution in [0.1, 0.15) is 24.0 Å². The number of benzene rings is 1. The number of hydrogen-bond donors (Lipinski definition) is 1. The van der Waals surface area contributed by atoms with E-state index in [4.69, 9.17) is 5.26 Å². The summed E-state index contributed by atoms with van der Waals surface area (Å²) in [6.45, 7) is 2.48. The first kappa shape index (κ1) is 19.0. The summed E-state index contributed by atoms with van der Waals surface area (Å²) in [7, 11) is -3.62. The van der Waals surface area contributed by atoms with Crippen LogP contribution < -0.4 is 5.32 Å². The molecule has 1 N–H and O–H groups in total. The molecule has 0 radical (unpaired) electrons. The van der Waals surface area contributed by atoms with E-state index in [-0.39, 0.29) is 29.8 Å². The lowest BCUT2D eigenvalue weighted by molar-refractivity contribution is -0.120. The summed E-state index contributed by atoms with van der Waals surface area (Å²) in [4.78, 5) is 16.7. The number of rotatable bonds is 4. The quantitative estimate of drug-likeness (QED) is 0.871. The molecule has 1 fully saturated rings. The van der Waals surface area contributed by atoms with E-state index in [1.54, 1.807) is 12.3 Å². The summed E-state index contributed by atoms with van der Waals surface area (Å²) in [5, 5.41) is 11.6. The Morgan fingerprint density at radius 3 is 2.48 bits per heavy atom. The van der Waals surface area contributed by atoms with Gasteiger partial charge in [-0.05, 0) is 61.7 Å². The Kier molecular flexibility index (Phi) is 5.54. The number of hydrogen-bond acceptors (Lipinski definition) is 5. The van der Waals surface area contributed by atoms with Crippen LogP contribution in [0.4, 0.5) is 5.82 Å². The van der Waals surface area contributed by atoms with Crippen molar-refractivity contribution < 1.29 is 13.2 Å². The summed E-state index contributed by atoms with van der Waals surface area (Å²) < 4.78 is 26.8. The number of amides is 1. The average molecular weight is 384 g/mol. The number of aryl methyl sites for hydroxylation is 1. The van der Waals surface area contributed by atoms with Gasteiger partial charge in [-0.25, -0.2) is 13.4 Å². The molecular weight excluding hydrogens is 364 g/mol. The number of sulfonamides is 1. The predicted molar refractivity (Wildman–Crippen MR) is 100 cm³/mol. The minimum absolute atomic E-state index is 0.136. The maximum atomic E-state index is 12.7. The third-order valence-corrected chi connectivity index (χ3v) is 6.53. The second kappa shape index (κ2) is 7.86. The van der Waals surface area contributed by atoms with E-state index in [9.17, 15) is 13.2 Å². The lowest BCUT2D eigenvalue weighted by Crippen LogP contribution is -2.41. The highest BCUT2D eigenvalue weighted by Crippen LogP contribution is 2.25. The molecule has 0 saturated carbocycles. The molecule has 0 bridgehead atoms. The first-order valence-corrected chi connectivity index (χ1v) is 10.1. The van der Waals surface area contributed by atoms with Crippen molar-refractivity contribution in [1.29, 1.82) is 5.26 Å². The number of carbonyl (C=O) groups excluding carboxylic acids is 1. The highest BCUT2D eigenvalue weighted by atomic mass is 32.2. The Morgan fingerprint density at radius 1 is 1.22 bits per heavy atom. The van der Waals surface area contributed by atoms with Gasteiger partial charge in [0.15, 0.2) is 0 Å². The van der Waals surface area contributed by atoms with Crippen molar-refractivity contribution in [2.75, 3.05) is 18.4 Å². The zero-order valence-corrected chi connectivity index (χ0v) is 15.7. The van der Waals surface area contributed by atoms with Gasteiger partial charge >= 0.3 is 0 Å². The lowest BCUT2D eigenvalue weighted by atomic mass is 9.97. The predicted octanol–water partition coefficient (Wildman–Crippen LogP) is 2.30. The van der Waals surface area contributed by atoms with E-state index in [1.165, 1.54) is 28.6 Å². The molecule has 140 valence electrons. The third kappa shape index (κ3) is 4.32. The fourth-order valence-electron chi connectivity index (χ4n) is 3.04. The van der Waals surface area contributed by atoms with Gasteiger partial charge < -0.3 is 5.32 Å². The van der Waals surface area contributed by atoms with Crippen molar-refractivity contribution in [1.82, 2.24) is 9.29 Å². The van der Waals surface area contributed by atoms with Crippen molar-refractivity contribution >= 4 is 21.7 Å². The van der Waals surface area contributed by atoms with Gasteiger partial charge in [-0.3, -0.25) is 4.79 Å². The van der Waals surface area contributed by atoms with Gasteiger partial charge in [-0.2, -0.15) is 9.57 Å². The number of carbonyl (C=O) groups is 1. The van der Waals surface area contributed by atoms with Crippen LogP contribution in [0.3, 0.4) is 0 Å². The SMILES string of the molecule is Cc1ccnc(NC(=O)C2CCN(S(=O)(=O)c3ccc(C#N)cc3)CC2)c1. The Balaban J connectivity index is 1.62. The number of nitrogens with one attached hydrogen (secondary N) is 1. The highest BCUT2D eigenvalue weighted by molar-refractivity contribution is 7.89. The first-order valence-electron chi connectivity index (χ1n) is 8.64. The molecular formula is C19H20N4O3S. The molecule has 3 rings (SSSR count). The minimum atomic E-state index is -3.62. The molecule has 0 aliphatic carbocycles. The number of pyridine rings is 1. The van der Waals surface area contributed by atoms with E-state index < -0.39 is 10.0 Å². The molecule has 0 spiro atoms. The van der Waals surface area contributed by atoms with Gasteiger partial charge in [0.2, 0.25) is 15.9 Å². The molecule has 2 aromatic rings. The number of piperidine rings is 1. The van der Waals surface area contributed by atoms with Crippen LogP contribution in [0.15, 0.2) is 47.5 Å². The molecule has 1 aliphatic heterocycles. The summed E-state index contributed by atoms with van der Waals surface area (Å²) >= 11 is 0. The van der Waals surface area contributed by atoms with Crippen LogP contribution in [-0.4, -0.2) is 36.7 Å². The van der Waals surface area contributed by atoms with E-state index >= 15 is 0 Å². The summed E-state index contributed by atoms with van der Waals surface area (Å²) in [5.41, 5.74) is 1.41. The molecule has 1 aromatic heterocycles. The molecule has 7 nitrogen and oxygen atoms in total. The number of anilines is 1. The smallest absolute Gasteiger partial charge is 0.243 e. The number of nitriles is 1. The normalized spacial score (nSPS) is 15.9. The number of aromatic nitrogens is 1. The van der Waals surface area contributed by atoms with Crippen molar-refractivity contribution in [2.45, 2.75) is 24.7 Å². The van der Waals surface area contributed by atoms with Crippen LogP contribution in [-0.2, 0) is 14.8 Å². The van der Waals surface area contributed by atoms with Crippen molar-refractivity contribution in [3.05, 3.63) is 53.7 Å². The monoisotopic (exact) mass is 384 g/mol. The largest absolute Gasteiger partial charge is 0.310 e. The Bertz CT molecular complexity index is 973. The Morgan fingerprint density at radius 2 is 1.89 bits per heavy atom. The summed E-state index contributed by atoms with van der Waals surface area (Å²) in [6, 6.07) is 11.5. The van der Waals surface area contributed by atoms with Crippen LogP contribution in [0.5, 0.6) is 0 Å². The van der Waals surface area contributed by atoms with E-state index in [1.807, 2.05) is 19.1 Å². The molecule has 1 amide bonds. The van der Waals surface area contributed by atoms with Crippen LogP contribution in [0.2, 0.25) is 0 Å². The Hall–Kier alpha value is -2.76. The van der Waals surface area contributed by atoms with Gasteiger partial charge in [-0.1, -0.05) is 0 Å². The zero-order valence-electron chi connectivity index (χ0n) is 14.9. The highest BCUT2D eigenvalue weighted by Gasteiger charge is 2.32. The average Bonchev–Trinajstić information content (AvgIpc) is 2.68. The van der Waals surface area contributed by atoms with Crippen molar-refractivity contribution in [3.8, 4) is 6.07 Å². The van der Waals surface area contributed by atoms with Gasteiger partial charge in [0, 0.05) is 25.2 Å². The lowest BCUT2D eigenvalue weighted by Gasteiger charge is -2.30. The van der Waals surface area contributed by atoms with Crippen LogP contribution >= 0.6 is 0 Å². The number of nitrogens with zero attached hydrogens (tertiary/aromatic N) is 3. The van der Waals surface area contributed by atoms with Gasteiger partial charge in [0.05, 0.1) is 16.5 Å². The van der Waals surface area contributed by atoms with E-state index in [0.29, 0.717) is 24.2 Å². The summed E-state index contributed by atoms with van der Waals surface area (Å²) in [5.74, 6) is 0.121. The van der Waals surface area contributed by atoms with Gasteiger partial charge in [0.1, 0.15) is 5.82 Å². The molecule has 0 atom stereocenters. The Labute approximate surface area is 158 Å². The molecule has 8 heteroatoms. The standard InChI is InChI=1S/C19H20N4O3S/c1-14-6-9-21-18(12-14)22-19(24)16-7-10-23(11-8-16)27(25,26)17-4-2-15(13-20)3-5-17/h2-6,9,12,16H,7-8,10-11H2,1H3,(H,21,22,24). The summed E-state index contributed by atoms with van der Waals surface area (Å²) in [6.07, 6.45) is 2.54. The van der Waals surface area contributed by atoms with Crippen molar-refractivity contribution in [3.63, 3.8) is 0 Å². The third-order valence-electron chi connectivity index (χ3n) is 4.61. The minimum Gasteiger partial charge on any atom is -0.310 e. The second-order valence-electron chi connectivity index (χ2n) is 6.52. The maximum absolute atomic E-state index is 12.7. The van der Waals surface area contributed by atoms with Crippen LogP contribution in [0.25, 0.3) is 0 Å². The molecule has 27 heavy (non-hydrogen) atoms. The molecule has 1 aliphatic rings. The van der Waals surface area contributed by atoms with Crippen molar-refractivity contribution in [2.24, 2.45) is 5.92 Å². The molecule has 1 saturated heterocycles. The first-order chi connectivity index (χ1) is 12.9. The molecule has 2 heterocycles. The topological polar surface area (TPSA) is 103 Å². The maximum Gasteiger partial charge on any atom is 0.243 e. The van der Waals surface area contributed by atoms with E-state index in [2.05, 4.69) is 10.3 Å². The molecule has 0 unspecified atom stereocenters. The molecule has 1 aromatic carbocycles. The van der Waals surface area contributed by atoms with Gasteiger partial charge in [-0.15, -0.1) is 0 Å². The zero-order chi connectivity index (χ0) is 19.4. The fraction of sp³-hybridized carbons (Fsp3) is 0.316.